The summed E-state index contributed by atoms with van der Waals surface area (Å²) in [5.41, 5.74) is 0.0481. The number of rotatable bonds is 5. The van der Waals surface area contributed by atoms with Crippen molar-refractivity contribution in [3.8, 4) is 11.5 Å². The lowest BCUT2D eigenvalue weighted by molar-refractivity contribution is 0.145. The van der Waals surface area contributed by atoms with Crippen molar-refractivity contribution in [2.24, 2.45) is 0 Å². The molecule has 9 heteroatoms. The van der Waals surface area contributed by atoms with Crippen molar-refractivity contribution >= 4 is 21.0 Å². The van der Waals surface area contributed by atoms with Gasteiger partial charge in [-0.05, 0) is 30.3 Å². The number of fused-ring (bicyclic) bond motifs is 1. The van der Waals surface area contributed by atoms with Gasteiger partial charge in [0.25, 0.3) is 16.4 Å². The van der Waals surface area contributed by atoms with Crippen LogP contribution in [0.4, 0.5) is 8.78 Å². The monoisotopic (exact) mass is 389 g/mol. The number of halogens is 2. The number of benzene rings is 2. The molecule has 0 bridgehead atoms. The zero-order chi connectivity index (χ0) is 19.0. The molecule has 0 spiro atoms. The van der Waals surface area contributed by atoms with Gasteiger partial charge in [-0.1, -0.05) is 36.4 Å². The second kappa shape index (κ2) is 6.51. The number of nitrogens with zero attached hydrogens (tertiary/aromatic N) is 2. The molecule has 1 N–H and O–H groups in total. The van der Waals surface area contributed by atoms with Gasteiger partial charge in [-0.25, -0.2) is 8.78 Å². The molecule has 2 aromatic carbocycles. The summed E-state index contributed by atoms with van der Waals surface area (Å²) in [5, 5.41) is 4.44. The Labute approximate surface area is 153 Å². The SMILES string of the molecule is O=S(=O)(Nn1nc(C(F)F)cc1-c1cc2ccccc2o1)c1ccccc1. The highest BCUT2D eigenvalue weighted by molar-refractivity contribution is 7.92. The fourth-order valence-electron chi connectivity index (χ4n) is 2.63. The summed E-state index contributed by atoms with van der Waals surface area (Å²) in [6.07, 6.45) is -2.87. The molecule has 0 aliphatic heterocycles. The number of hydrogen-bond acceptors (Lipinski definition) is 4. The summed E-state index contributed by atoms with van der Waals surface area (Å²) in [6.45, 7) is 0. The van der Waals surface area contributed by atoms with Crippen LogP contribution in [-0.2, 0) is 10.0 Å². The maximum atomic E-state index is 13.2. The predicted octanol–water partition coefficient (Wildman–Crippen LogP) is 4.17. The third-order valence-corrected chi connectivity index (χ3v) is 5.20. The number of hydrogen-bond donors (Lipinski definition) is 1. The van der Waals surface area contributed by atoms with Gasteiger partial charge in [0.1, 0.15) is 17.0 Å². The van der Waals surface area contributed by atoms with E-state index in [-0.39, 0.29) is 16.3 Å². The van der Waals surface area contributed by atoms with E-state index in [1.165, 1.54) is 12.1 Å². The van der Waals surface area contributed by atoms with Crippen LogP contribution >= 0.6 is 0 Å². The molecule has 2 heterocycles. The molecule has 0 aliphatic carbocycles. The molecule has 4 rings (SSSR count). The lowest BCUT2D eigenvalue weighted by atomic mass is 10.2. The molecular formula is C18H13F2N3O3S. The number of alkyl halides is 2. The Morgan fingerprint density at radius 2 is 1.70 bits per heavy atom. The number of nitrogens with one attached hydrogen (secondary N) is 1. The predicted molar refractivity (Wildman–Crippen MR) is 95.4 cm³/mol. The quantitative estimate of drug-likeness (QED) is 0.556. The second-order valence-corrected chi connectivity index (χ2v) is 7.38. The van der Waals surface area contributed by atoms with Gasteiger partial charge in [-0.15, -0.1) is 0 Å². The van der Waals surface area contributed by atoms with E-state index in [0.717, 1.165) is 16.2 Å². The van der Waals surface area contributed by atoms with Gasteiger partial charge in [-0.2, -0.15) is 23.1 Å². The minimum Gasteiger partial charge on any atom is -0.454 e. The van der Waals surface area contributed by atoms with Crippen molar-refractivity contribution in [3.05, 3.63) is 72.4 Å². The van der Waals surface area contributed by atoms with E-state index < -0.39 is 22.1 Å². The van der Waals surface area contributed by atoms with Crippen molar-refractivity contribution in [1.29, 1.82) is 0 Å². The molecule has 6 nitrogen and oxygen atoms in total. The topological polar surface area (TPSA) is 77.1 Å². The lowest BCUT2D eigenvalue weighted by Crippen LogP contribution is -2.25. The second-order valence-electron chi connectivity index (χ2n) is 5.72. The number of para-hydroxylation sites is 1. The highest BCUT2D eigenvalue weighted by Gasteiger charge is 2.23. The fraction of sp³-hybridized carbons (Fsp3) is 0.0556. The first-order chi connectivity index (χ1) is 12.9. The molecule has 0 saturated carbocycles. The summed E-state index contributed by atoms with van der Waals surface area (Å²) in [5.74, 6) is 0.214. The van der Waals surface area contributed by atoms with E-state index in [1.54, 1.807) is 42.5 Å². The van der Waals surface area contributed by atoms with Crippen LogP contribution in [0.1, 0.15) is 12.1 Å². The van der Waals surface area contributed by atoms with E-state index >= 15 is 0 Å². The van der Waals surface area contributed by atoms with Gasteiger partial charge < -0.3 is 4.42 Å². The first-order valence-electron chi connectivity index (χ1n) is 7.89. The molecule has 138 valence electrons. The molecule has 0 atom stereocenters. The van der Waals surface area contributed by atoms with Crippen molar-refractivity contribution in [2.75, 3.05) is 4.83 Å². The zero-order valence-corrected chi connectivity index (χ0v) is 14.5. The minimum absolute atomic E-state index is 0.0188. The molecule has 0 aliphatic rings. The summed E-state index contributed by atoms with van der Waals surface area (Å²) in [6, 6.07) is 17.4. The highest BCUT2D eigenvalue weighted by atomic mass is 32.2. The Kier molecular flexibility index (Phi) is 4.15. The largest absolute Gasteiger partial charge is 0.454 e. The van der Waals surface area contributed by atoms with Gasteiger partial charge >= 0.3 is 0 Å². The highest BCUT2D eigenvalue weighted by Crippen LogP contribution is 2.30. The average Bonchev–Trinajstić information content (AvgIpc) is 3.26. The molecule has 0 fully saturated rings. The van der Waals surface area contributed by atoms with Crippen molar-refractivity contribution in [3.63, 3.8) is 0 Å². The van der Waals surface area contributed by atoms with Crippen LogP contribution in [0.3, 0.4) is 0 Å². The number of aromatic nitrogens is 2. The molecule has 0 unspecified atom stereocenters. The van der Waals surface area contributed by atoms with Crippen LogP contribution < -0.4 is 4.83 Å². The standard InChI is InChI=1S/C18H13F2N3O3S/c19-18(20)14-11-15(17-10-12-6-4-5-9-16(12)26-17)23(21-14)22-27(24,25)13-7-2-1-3-8-13/h1-11,18,22H. The molecular weight excluding hydrogens is 376 g/mol. The Bertz CT molecular complexity index is 1170. The molecule has 4 aromatic rings. The van der Waals surface area contributed by atoms with E-state index in [9.17, 15) is 17.2 Å². The van der Waals surface area contributed by atoms with Crippen molar-refractivity contribution < 1.29 is 21.6 Å². The molecule has 0 radical (unpaired) electrons. The third kappa shape index (κ3) is 3.28. The lowest BCUT2D eigenvalue weighted by Gasteiger charge is -2.10. The Balaban J connectivity index is 1.80. The van der Waals surface area contributed by atoms with Crippen LogP contribution in [-0.4, -0.2) is 18.3 Å². The first kappa shape index (κ1) is 17.2. The molecule has 27 heavy (non-hydrogen) atoms. The molecule has 2 aromatic heterocycles. The van der Waals surface area contributed by atoms with E-state index in [0.29, 0.717) is 5.58 Å². The van der Waals surface area contributed by atoms with Gasteiger partial charge in [0.2, 0.25) is 0 Å². The summed E-state index contributed by atoms with van der Waals surface area (Å²) < 4.78 is 57.1. The van der Waals surface area contributed by atoms with E-state index in [2.05, 4.69) is 9.93 Å². The minimum atomic E-state index is -4.02. The van der Waals surface area contributed by atoms with Crippen LogP contribution in [0.15, 0.2) is 76.0 Å². The third-order valence-electron chi connectivity index (χ3n) is 3.89. The summed E-state index contributed by atoms with van der Waals surface area (Å²) in [7, 11) is -4.02. The van der Waals surface area contributed by atoms with E-state index in [1.807, 2.05) is 6.07 Å². The summed E-state index contributed by atoms with van der Waals surface area (Å²) >= 11 is 0. The van der Waals surface area contributed by atoms with Gasteiger partial charge in [0, 0.05) is 5.39 Å². The number of sulfonamides is 1. The van der Waals surface area contributed by atoms with Gasteiger partial charge in [0.15, 0.2) is 5.76 Å². The maximum Gasteiger partial charge on any atom is 0.282 e. The smallest absolute Gasteiger partial charge is 0.282 e. The average molecular weight is 389 g/mol. The van der Waals surface area contributed by atoms with E-state index in [4.69, 9.17) is 4.42 Å². The first-order valence-corrected chi connectivity index (χ1v) is 9.37. The summed E-state index contributed by atoms with van der Waals surface area (Å²) in [4.78, 5) is 2.98. The fourth-order valence-corrected chi connectivity index (χ4v) is 3.61. The molecule has 0 saturated heterocycles. The molecule has 0 amide bonds. The Morgan fingerprint density at radius 3 is 2.41 bits per heavy atom. The normalized spacial score (nSPS) is 12.0. The van der Waals surface area contributed by atoms with Crippen LogP contribution in [0, 0.1) is 0 Å². The Morgan fingerprint density at radius 1 is 1.00 bits per heavy atom. The number of furan rings is 1. The zero-order valence-electron chi connectivity index (χ0n) is 13.7. The van der Waals surface area contributed by atoms with Crippen LogP contribution in [0.25, 0.3) is 22.4 Å². The van der Waals surface area contributed by atoms with Gasteiger partial charge in [0.05, 0.1) is 4.90 Å². The van der Waals surface area contributed by atoms with Crippen molar-refractivity contribution in [2.45, 2.75) is 11.3 Å². The van der Waals surface area contributed by atoms with Crippen LogP contribution in [0.5, 0.6) is 0 Å². The maximum absolute atomic E-state index is 13.2. The van der Waals surface area contributed by atoms with Crippen molar-refractivity contribution in [1.82, 2.24) is 9.89 Å². The Hall–Kier alpha value is -3.20. The van der Waals surface area contributed by atoms with Gasteiger partial charge in [-0.3, -0.25) is 0 Å². The van der Waals surface area contributed by atoms with Crippen LogP contribution in [0.2, 0.25) is 0 Å².